The van der Waals surface area contributed by atoms with Crippen LogP contribution in [0.25, 0.3) is 0 Å². The molecule has 0 radical (unpaired) electrons. The highest BCUT2D eigenvalue weighted by Gasteiger charge is 2.21. The van der Waals surface area contributed by atoms with E-state index in [9.17, 15) is 13.6 Å². The summed E-state index contributed by atoms with van der Waals surface area (Å²) in [5.41, 5.74) is 1.38. The van der Waals surface area contributed by atoms with Gasteiger partial charge < -0.3 is 19.5 Å². The van der Waals surface area contributed by atoms with E-state index in [-0.39, 0.29) is 17.1 Å². The molecule has 0 spiro atoms. The van der Waals surface area contributed by atoms with E-state index in [1.807, 2.05) is 31.2 Å². The maximum absolute atomic E-state index is 12.8. The highest BCUT2D eigenvalue weighted by atomic mass is 19.3. The van der Waals surface area contributed by atoms with Crippen LogP contribution < -0.4 is 19.5 Å². The van der Waals surface area contributed by atoms with E-state index in [0.29, 0.717) is 17.2 Å². The van der Waals surface area contributed by atoms with E-state index < -0.39 is 12.5 Å². The van der Waals surface area contributed by atoms with Gasteiger partial charge in [0.1, 0.15) is 5.75 Å². The zero-order valence-electron chi connectivity index (χ0n) is 15.8. The Labute approximate surface area is 166 Å². The number of hydrogen-bond acceptors (Lipinski definition) is 4. The smallest absolute Gasteiger partial charge is 0.387 e. The largest absolute Gasteiger partial charge is 0.493 e. The van der Waals surface area contributed by atoms with Gasteiger partial charge in [-0.1, -0.05) is 35.9 Å². The van der Waals surface area contributed by atoms with E-state index >= 15 is 0 Å². The maximum Gasteiger partial charge on any atom is 0.387 e. The lowest BCUT2D eigenvalue weighted by Crippen LogP contribution is -2.16. The summed E-state index contributed by atoms with van der Waals surface area (Å²) in [5.74, 6) is 0.0606. The predicted octanol–water partition coefficient (Wildman–Crippen LogP) is 5.65. The second-order valence-electron chi connectivity index (χ2n) is 6.08. The fourth-order valence-electron chi connectivity index (χ4n) is 2.65. The molecule has 0 saturated heterocycles. The molecule has 7 heteroatoms. The molecule has 0 unspecified atom stereocenters. The third kappa shape index (κ3) is 5.01. The van der Waals surface area contributed by atoms with Crippen LogP contribution in [0.4, 0.5) is 14.5 Å². The first-order valence-corrected chi connectivity index (χ1v) is 8.74. The van der Waals surface area contributed by atoms with Gasteiger partial charge in [-0.3, -0.25) is 4.79 Å². The quantitative estimate of drug-likeness (QED) is 0.558. The van der Waals surface area contributed by atoms with E-state index in [2.05, 4.69) is 10.1 Å². The van der Waals surface area contributed by atoms with Gasteiger partial charge in [0.25, 0.3) is 5.91 Å². The molecule has 5 nitrogen and oxygen atoms in total. The SMILES string of the molecule is COc1cccc(C(=O)Nc2ccccc2Oc2ccc(C)cc2)c1OC(F)F. The summed E-state index contributed by atoms with van der Waals surface area (Å²) < 4.78 is 41.0. The Balaban J connectivity index is 1.87. The Morgan fingerprint density at radius 2 is 1.62 bits per heavy atom. The monoisotopic (exact) mass is 399 g/mol. The van der Waals surface area contributed by atoms with Gasteiger partial charge in [-0.2, -0.15) is 8.78 Å². The lowest BCUT2D eigenvalue weighted by molar-refractivity contribution is -0.0515. The van der Waals surface area contributed by atoms with Gasteiger partial charge in [0.15, 0.2) is 17.2 Å². The van der Waals surface area contributed by atoms with Gasteiger partial charge in [-0.15, -0.1) is 0 Å². The minimum Gasteiger partial charge on any atom is -0.493 e. The third-order valence-electron chi connectivity index (χ3n) is 4.03. The van der Waals surface area contributed by atoms with Gasteiger partial charge >= 0.3 is 6.61 Å². The Bertz CT molecular complexity index is 990. The summed E-state index contributed by atoms with van der Waals surface area (Å²) in [6.45, 7) is -1.14. The second-order valence-corrected chi connectivity index (χ2v) is 6.08. The molecule has 1 N–H and O–H groups in total. The summed E-state index contributed by atoms with van der Waals surface area (Å²) in [4.78, 5) is 12.8. The van der Waals surface area contributed by atoms with Crippen LogP contribution in [0.15, 0.2) is 66.7 Å². The molecule has 0 bridgehead atoms. The van der Waals surface area contributed by atoms with Crippen molar-refractivity contribution in [2.24, 2.45) is 0 Å². The molecule has 0 atom stereocenters. The number of halogens is 2. The number of benzene rings is 3. The predicted molar refractivity (Wildman–Crippen MR) is 105 cm³/mol. The molecule has 150 valence electrons. The van der Waals surface area contributed by atoms with Crippen molar-refractivity contribution in [2.75, 3.05) is 12.4 Å². The molecular formula is C22H19F2NO4. The van der Waals surface area contributed by atoms with Crippen LogP contribution >= 0.6 is 0 Å². The number of aryl methyl sites for hydroxylation is 1. The molecule has 3 aromatic rings. The van der Waals surface area contributed by atoms with E-state index in [1.165, 1.54) is 25.3 Å². The fraction of sp³-hybridized carbons (Fsp3) is 0.136. The van der Waals surface area contributed by atoms with Crippen LogP contribution in [0.5, 0.6) is 23.0 Å². The summed E-state index contributed by atoms with van der Waals surface area (Å²) in [6.07, 6.45) is 0. The van der Waals surface area contributed by atoms with Crippen LogP contribution in [0.3, 0.4) is 0 Å². The summed E-state index contributed by atoms with van der Waals surface area (Å²) in [7, 11) is 1.31. The number of carbonyl (C=O) groups excluding carboxylic acids is 1. The Morgan fingerprint density at radius 3 is 2.31 bits per heavy atom. The zero-order chi connectivity index (χ0) is 20.8. The number of ether oxygens (including phenoxy) is 3. The number of hydrogen-bond donors (Lipinski definition) is 1. The molecule has 0 aliphatic carbocycles. The number of amides is 1. The normalized spacial score (nSPS) is 10.5. The number of carbonyl (C=O) groups is 1. The molecule has 1 amide bonds. The highest BCUT2D eigenvalue weighted by molar-refractivity contribution is 6.07. The van der Waals surface area contributed by atoms with Gasteiger partial charge in [0.2, 0.25) is 0 Å². The molecule has 0 aliphatic heterocycles. The minimum atomic E-state index is -3.10. The highest BCUT2D eigenvalue weighted by Crippen LogP contribution is 2.34. The van der Waals surface area contributed by atoms with Crippen LogP contribution in [0, 0.1) is 6.92 Å². The van der Waals surface area contributed by atoms with E-state index in [4.69, 9.17) is 9.47 Å². The van der Waals surface area contributed by atoms with Crippen LogP contribution in [0.2, 0.25) is 0 Å². The number of nitrogens with one attached hydrogen (secondary N) is 1. The van der Waals surface area contributed by atoms with Crippen LogP contribution in [-0.2, 0) is 0 Å². The number of anilines is 1. The lowest BCUT2D eigenvalue weighted by Gasteiger charge is -2.16. The van der Waals surface area contributed by atoms with Crippen molar-refractivity contribution < 1.29 is 27.8 Å². The van der Waals surface area contributed by atoms with E-state index in [1.54, 1.807) is 24.3 Å². The second kappa shape index (κ2) is 9.05. The number of methoxy groups -OCH3 is 1. The maximum atomic E-state index is 12.8. The van der Waals surface area contributed by atoms with Crippen molar-refractivity contribution in [2.45, 2.75) is 13.5 Å². The van der Waals surface area contributed by atoms with Crippen molar-refractivity contribution >= 4 is 11.6 Å². The molecular weight excluding hydrogens is 380 g/mol. The summed E-state index contributed by atoms with van der Waals surface area (Å²) in [5, 5.41) is 2.68. The van der Waals surface area contributed by atoms with Gasteiger partial charge in [0.05, 0.1) is 18.4 Å². The molecule has 3 aromatic carbocycles. The molecule has 29 heavy (non-hydrogen) atoms. The van der Waals surface area contributed by atoms with Gasteiger partial charge in [-0.05, 0) is 43.3 Å². The fourth-order valence-corrected chi connectivity index (χ4v) is 2.65. The zero-order valence-corrected chi connectivity index (χ0v) is 15.8. The Hall–Kier alpha value is -3.61. The molecule has 0 aromatic heterocycles. The average Bonchev–Trinajstić information content (AvgIpc) is 2.71. The number of para-hydroxylation sites is 3. The first kappa shape index (κ1) is 20.1. The topological polar surface area (TPSA) is 56.8 Å². The first-order chi connectivity index (χ1) is 14.0. The average molecular weight is 399 g/mol. The van der Waals surface area contributed by atoms with Gasteiger partial charge in [-0.25, -0.2) is 0 Å². The Kier molecular flexibility index (Phi) is 6.29. The molecule has 0 aliphatic rings. The minimum absolute atomic E-state index is 0.0298. The van der Waals surface area contributed by atoms with Crippen molar-refractivity contribution in [3.8, 4) is 23.0 Å². The van der Waals surface area contributed by atoms with E-state index in [0.717, 1.165) is 5.56 Å². The van der Waals surface area contributed by atoms with Crippen LogP contribution in [0.1, 0.15) is 15.9 Å². The molecule has 0 fully saturated rings. The van der Waals surface area contributed by atoms with Crippen molar-refractivity contribution in [3.63, 3.8) is 0 Å². The Morgan fingerprint density at radius 1 is 0.931 bits per heavy atom. The van der Waals surface area contributed by atoms with Crippen molar-refractivity contribution in [1.29, 1.82) is 0 Å². The number of alkyl halides is 2. The third-order valence-corrected chi connectivity index (χ3v) is 4.03. The number of rotatable bonds is 7. The van der Waals surface area contributed by atoms with Crippen molar-refractivity contribution in [1.82, 2.24) is 0 Å². The molecule has 0 heterocycles. The first-order valence-electron chi connectivity index (χ1n) is 8.74. The lowest BCUT2D eigenvalue weighted by atomic mass is 10.1. The van der Waals surface area contributed by atoms with Gasteiger partial charge in [0, 0.05) is 0 Å². The standard InChI is InChI=1S/C22H19F2NO4/c1-14-10-12-15(13-11-14)28-18-8-4-3-7-17(18)25-21(26)16-6-5-9-19(27-2)20(16)29-22(23)24/h3-13,22H,1-2H3,(H,25,26). The van der Waals surface area contributed by atoms with Crippen LogP contribution in [-0.4, -0.2) is 19.6 Å². The molecule has 0 saturated carbocycles. The summed E-state index contributed by atoms with van der Waals surface area (Å²) in [6, 6.07) is 18.6. The molecule has 3 rings (SSSR count). The summed E-state index contributed by atoms with van der Waals surface area (Å²) >= 11 is 0. The van der Waals surface area contributed by atoms with Crippen molar-refractivity contribution in [3.05, 3.63) is 77.9 Å².